The number of rotatable bonds is 6. The Kier molecular flexibility index (Phi) is 5.74. The average Bonchev–Trinajstić information content (AvgIpc) is 2.67. The fourth-order valence-corrected chi connectivity index (χ4v) is 2.85. The second kappa shape index (κ2) is 8.39. The summed E-state index contributed by atoms with van der Waals surface area (Å²) in [7, 11) is 3.15. The summed E-state index contributed by atoms with van der Waals surface area (Å²) in [5.41, 5.74) is 3.90. The molecule has 0 saturated carbocycles. The minimum atomic E-state index is -0.303. The van der Waals surface area contributed by atoms with Gasteiger partial charge in [0, 0.05) is 23.5 Å². The van der Waals surface area contributed by atoms with E-state index in [2.05, 4.69) is 20.6 Å². The van der Waals surface area contributed by atoms with Crippen LogP contribution in [0.3, 0.4) is 0 Å². The normalized spacial score (nSPS) is 10.3. The number of nitrogens with zero attached hydrogens (tertiary/aromatic N) is 2. The third-order valence-electron chi connectivity index (χ3n) is 4.04. The van der Waals surface area contributed by atoms with E-state index in [1.54, 1.807) is 32.4 Å². The van der Waals surface area contributed by atoms with Gasteiger partial charge in [0.1, 0.15) is 17.8 Å². The summed E-state index contributed by atoms with van der Waals surface area (Å²) >= 11 is 0. The van der Waals surface area contributed by atoms with E-state index in [-0.39, 0.29) is 11.6 Å². The highest BCUT2D eigenvalue weighted by Gasteiger charge is 2.11. The molecule has 28 heavy (non-hydrogen) atoms. The zero-order valence-electron chi connectivity index (χ0n) is 16.2. The molecule has 0 fully saturated rings. The van der Waals surface area contributed by atoms with E-state index in [1.165, 1.54) is 6.33 Å². The molecule has 1 heterocycles. The SMILES string of the molecule is COc1ccc(Nc2cc(C(=O)Nc3cc(C)cc(C)c3)ncn2)cc1OC. The number of benzene rings is 2. The maximum Gasteiger partial charge on any atom is 0.274 e. The standard InChI is InChI=1S/C21H22N4O3/c1-13-7-14(2)9-16(8-13)25-21(26)17-11-20(23-12-22-17)24-15-5-6-18(27-3)19(10-15)28-4/h5-12H,1-4H3,(H,25,26)(H,22,23,24). The van der Waals surface area contributed by atoms with Gasteiger partial charge in [-0.25, -0.2) is 9.97 Å². The Balaban J connectivity index is 1.77. The highest BCUT2D eigenvalue weighted by molar-refractivity contribution is 6.03. The third kappa shape index (κ3) is 4.56. The maximum absolute atomic E-state index is 12.6. The molecule has 0 saturated heterocycles. The van der Waals surface area contributed by atoms with Crippen molar-refractivity contribution in [3.05, 3.63) is 65.6 Å². The van der Waals surface area contributed by atoms with Crippen molar-refractivity contribution in [1.29, 1.82) is 0 Å². The van der Waals surface area contributed by atoms with Crippen LogP contribution in [-0.2, 0) is 0 Å². The highest BCUT2D eigenvalue weighted by Crippen LogP contribution is 2.30. The smallest absolute Gasteiger partial charge is 0.274 e. The largest absolute Gasteiger partial charge is 0.493 e. The lowest BCUT2D eigenvalue weighted by Crippen LogP contribution is -2.14. The Morgan fingerprint density at radius 3 is 2.25 bits per heavy atom. The summed E-state index contributed by atoms with van der Waals surface area (Å²) in [5, 5.41) is 6.01. The van der Waals surface area contributed by atoms with E-state index in [0.717, 1.165) is 22.5 Å². The quantitative estimate of drug-likeness (QED) is 0.671. The van der Waals surface area contributed by atoms with Gasteiger partial charge in [0.15, 0.2) is 11.5 Å². The van der Waals surface area contributed by atoms with Crippen LogP contribution in [0.1, 0.15) is 21.6 Å². The van der Waals surface area contributed by atoms with Crippen LogP contribution in [0.5, 0.6) is 11.5 Å². The second-order valence-electron chi connectivity index (χ2n) is 6.31. The first-order valence-corrected chi connectivity index (χ1v) is 8.69. The molecule has 0 aliphatic rings. The number of aryl methyl sites for hydroxylation is 2. The number of carbonyl (C=O) groups excluding carboxylic acids is 1. The molecular formula is C21H22N4O3. The number of ether oxygens (including phenoxy) is 2. The van der Waals surface area contributed by atoms with E-state index in [1.807, 2.05) is 38.1 Å². The Bertz CT molecular complexity index is 984. The molecule has 0 atom stereocenters. The maximum atomic E-state index is 12.6. The van der Waals surface area contributed by atoms with E-state index in [4.69, 9.17) is 9.47 Å². The lowest BCUT2D eigenvalue weighted by Gasteiger charge is -2.11. The van der Waals surface area contributed by atoms with Crippen LogP contribution in [-0.4, -0.2) is 30.1 Å². The molecule has 0 aliphatic heterocycles. The molecule has 7 heteroatoms. The first-order chi connectivity index (χ1) is 13.5. The number of methoxy groups -OCH3 is 2. The van der Waals surface area contributed by atoms with E-state index in [0.29, 0.717) is 17.3 Å². The van der Waals surface area contributed by atoms with Crippen molar-refractivity contribution in [3.63, 3.8) is 0 Å². The summed E-state index contributed by atoms with van der Waals surface area (Å²) in [6.45, 7) is 3.97. The average molecular weight is 378 g/mol. The van der Waals surface area contributed by atoms with Gasteiger partial charge in [0.2, 0.25) is 0 Å². The van der Waals surface area contributed by atoms with Gasteiger partial charge in [0.05, 0.1) is 14.2 Å². The van der Waals surface area contributed by atoms with Crippen molar-refractivity contribution >= 4 is 23.1 Å². The first-order valence-electron chi connectivity index (χ1n) is 8.69. The molecule has 144 valence electrons. The minimum absolute atomic E-state index is 0.261. The van der Waals surface area contributed by atoms with E-state index < -0.39 is 0 Å². The predicted octanol–water partition coefficient (Wildman–Crippen LogP) is 4.11. The number of amides is 1. The van der Waals surface area contributed by atoms with Gasteiger partial charge in [-0.05, 0) is 49.2 Å². The number of hydrogen-bond donors (Lipinski definition) is 2. The molecule has 0 bridgehead atoms. The molecule has 2 N–H and O–H groups in total. The fraction of sp³-hybridized carbons (Fsp3) is 0.190. The predicted molar refractivity (Wildman–Crippen MR) is 109 cm³/mol. The van der Waals surface area contributed by atoms with Gasteiger partial charge in [-0.1, -0.05) is 6.07 Å². The van der Waals surface area contributed by atoms with Crippen LogP contribution in [0.15, 0.2) is 48.8 Å². The van der Waals surface area contributed by atoms with E-state index >= 15 is 0 Å². The molecule has 2 aromatic carbocycles. The Morgan fingerprint density at radius 1 is 0.857 bits per heavy atom. The van der Waals surface area contributed by atoms with Crippen LogP contribution >= 0.6 is 0 Å². The van der Waals surface area contributed by atoms with Crippen LogP contribution in [0.25, 0.3) is 0 Å². The highest BCUT2D eigenvalue weighted by atomic mass is 16.5. The zero-order chi connectivity index (χ0) is 20.1. The molecule has 0 aliphatic carbocycles. The van der Waals surface area contributed by atoms with Crippen molar-refractivity contribution in [2.24, 2.45) is 0 Å². The molecule has 1 aromatic heterocycles. The van der Waals surface area contributed by atoms with Gasteiger partial charge in [-0.15, -0.1) is 0 Å². The molecule has 0 spiro atoms. The summed E-state index contributed by atoms with van der Waals surface area (Å²) in [5.74, 6) is 1.41. The van der Waals surface area contributed by atoms with Crippen LogP contribution in [0, 0.1) is 13.8 Å². The zero-order valence-corrected chi connectivity index (χ0v) is 16.2. The van der Waals surface area contributed by atoms with Crippen molar-refractivity contribution in [2.45, 2.75) is 13.8 Å². The van der Waals surface area contributed by atoms with E-state index in [9.17, 15) is 4.79 Å². The Hall–Kier alpha value is -3.61. The molecule has 0 radical (unpaired) electrons. The number of anilines is 3. The first kappa shape index (κ1) is 19.2. The molecule has 0 unspecified atom stereocenters. The van der Waals surface area contributed by atoms with Crippen molar-refractivity contribution in [1.82, 2.24) is 9.97 Å². The van der Waals surface area contributed by atoms with Gasteiger partial charge in [-0.2, -0.15) is 0 Å². The lowest BCUT2D eigenvalue weighted by molar-refractivity contribution is 0.102. The molecule has 3 rings (SSSR count). The monoisotopic (exact) mass is 378 g/mol. The Labute approximate surface area is 163 Å². The number of aromatic nitrogens is 2. The van der Waals surface area contributed by atoms with Crippen LogP contribution in [0.2, 0.25) is 0 Å². The summed E-state index contributed by atoms with van der Waals surface area (Å²) in [6, 6.07) is 12.9. The molecule has 3 aromatic rings. The van der Waals surface area contributed by atoms with Gasteiger partial charge >= 0.3 is 0 Å². The third-order valence-corrected chi connectivity index (χ3v) is 4.04. The summed E-state index contributed by atoms with van der Waals surface area (Å²) < 4.78 is 10.5. The molecular weight excluding hydrogens is 356 g/mol. The van der Waals surface area contributed by atoms with Gasteiger partial charge in [0.25, 0.3) is 5.91 Å². The molecule has 7 nitrogen and oxygen atoms in total. The fourth-order valence-electron chi connectivity index (χ4n) is 2.85. The van der Waals surface area contributed by atoms with Gasteiger partial charge < -0.3 is 20.1 Å². The second-order valence-corrected chi connectivity index (χ2v) is 6.31. The number of carbonyl (C=O) groups is 1. The lowest BCUT2D eigenvalue weighted by atomic mass is 10.1. The molecule has 1 amide bonds. The summed E-state index contributed by atoms with van der Waals surface area (Å²) in [4.78, 5) is 20.8. The van der Waals surface area contributed by atoms with Crippen LogP contribution < -0.4 is 20.1 Å². The topological polar surface area (TPSA) is 85.4 Å². The van der Waals surface area contributed by atoms with Crippen LogP contribution in [0.4, 0.5) is 17.2 Å². The number of hydrogen-bond acceptors (Lipinski definition) is 6. The van der Waals surface area contributed by atoms with Crippen molar-refractivity contribution < 1.29 is 14.3 Å². The summed E-state index contributed by atoms with van der Waals surface area (Å²) in [6.07, 6.45) is 1.35. The van der Waals surface area contributed by atoms with Crippen molar-refractivity contribution in [2.75, 3.05) is 24.9 Å². The number of nitrogens with one attached hydrogen (secondary N) is 2. The Morgan fingerprint density at radius 2 is 1.57 bits per heavy atom. The van der Waals surface area contributed by atoms with Crippen molar-refractivity contribution in [3.8, 4) is 11.5 Å². The minimum Gasteiger partial charge on any atom is -0.493 e. The van der Waals surface area contributed by atoms with Gasteiger partial charge in [-0.3, -0.25) is 4.79 Å².